The number of hydrogen-bond donors (Lipinski definition) is 0. The number of carbonyl (C=O) groups is 2. The molecular weight excluding hydrogens is 252 g/mol. The van der Waals surface area contributed by atoms with Gasteiger partial charge in [0.2, 0.25) is 0 Å². The van der Waals surface area contributed by atoms with Crippen LogP contribution in [-0.4, -0.2) is 21.7 Å². The Balaban J connectivity index is 3.88. The van der Waals surface area contributed by atoms with Crippen molar-refractivity contribution in [3.63, 3.8) is 0 Å². The van der Waals surface area contributed by atoms with Gasteiger partial charge in [0.25, 0.3) is 0 Å². The van der Waals surface area contributed by atoms with Crippen LogP contribution in [0.15, 0.2) is 0 Å². The summed E-state index contributed by atoms with van der Waals surface area (Å²) in [7, 11) is 0. The average molecular weight is 258 g/mol. The number of Topliss-reactive ketones (excluding diaryl/α,β-unsaturated/α-hetero) is 2. The zero-order chi connectivity index (χ0) is 7.44. The molecule has 0 amide bonds. The van der Waals surface area contributed by atoms with Crippen molar-refractivity contribution < 1.29 is 9.59 Å². The molecule has 0 aliphatic rings. The van der Waals surface area contributed by atoms with Gasteiger partial charge in [-0.3, -0.25) is 9.59 Å². The Labute approximate surface area is 70.3 Å². The fourth-order valence-electron chi connectivity index (χ4n) is 0.294. The van der Waals surface area contributed by atoms with Gasteiger partial charge in [0, 0.05) is 0 Å². The smallest absolute Gasteiger partial charge is 0.164 e. The summed E-state index contributed by atoms with van der Waals surface area (Å²) in [6, 6.07) is 0. The predicted octanol–water partition coefficient (Wildman–Crippen LogP) is 1.30. The number of carbonyl (C=O) groups excluding carboxylic acids is 2. The van der Waals surface area contributed by atoms with Crippen LogP contribution in [0.1, 0.15) is 6.92 Å². The van der Waals surface area contributed by atoms with Crippen LogP contribution in [0, 0.1) is 0 Å². The SMILES string of the molecule is CC(=O)C(Br)C(=O)CBr. The van der Waals surface area contributed by atoms with Crippen molar-refractivity contribution in [3.8, 4) is 0 Å². The van der Waals surface area contributed by atoms with E-state index in [1.165, 1.54) is 6.92 Å². The molecule has 0 aliphatic heterocycles. The third kappa shape index (κ3) is 3.11. The molecule has 0 aromatic carbocycles. The van der Waals surface area contributed by atoms with Gasteiger partial charge in [-0.1, -0.05) is 31.9 Å². The molecule has 0 N–H and O–H groups in total. The predicted molar refractivity (Wildman–Crippen MR) is 42.2 cm³/mol. The maximum absolute atomic E-state index is 10.6. The molecule has 0 aliphatic carbocycles. The summed E-state index contributed by atoms with van der Waals surface area (Å²) >= 11 is 5.89. The Bertz CT molecular complexity index is 133. The largest absolute Gasteiger partial charge is 0.298 e. The van der Waals surface area contributed by atoms with Gasteiger partial charge in [-0.25, -0.2) is 0 Å². The molecular formula is C5H6Br2O2. The van der Waals surface area contributed by atoms with E-state index in [9.17, 15) is 9.59 Å². The van der Waals surface area contributed by atoms with Crippen LogP contribution in [-0.2, 0) is 9.59 Å². The summed E-state index contributed by atoms with van der Waals surface area (Å²) in [5.74, 6) is -0.290. The van der Waals surface area contributed by atoms with Gasteiger partial charge in [-0.05, 0) is 6.92 Å². The van der Waals surface area contributed by atoms with Gasteiger partial charge in [0.1, 0.15) is 4.83 Å². The van der Waals surface area contributed by atoms with E-state index in [4.69, 9.17) is 0 Å². The van der Waals surface area contributed by atoms with Crippen LogP contribution in [0.5, 0.6) is 0 Å². The Kier molecular flexibility index (Phi) is 4.31. The number of alkyl halides is 2. The van der Waals surface area contributed by atoms with Crippen LogP contribution in [0.25, 0.3) is 0 Å². The molecule has 2 nitrogen and oxygen atoms in total. The first-order chi connectivity index (χ1) is 4.09. The number of halogens is 2. The minimum Gasteiger partial charge on any atom is -0.298 e. The molecule has 0 spiro atoms. The molecule has 1 unspecified atom stereocenters. The molecule has 0 fully saturated rings. The molecule has 0 saturated carbocycles. The van der Waals surface area contributed by atoms with Crippen molar-refractivity contribution in [2.24, 2.45) is 0 Å². The Morgan fingerprint density at radius 3 is 2.11 bits per heavy atom. The van der Waals surface area contributed by atoms with Crippen molar-refractivity contribution in [1.29, 1.82) is 0 Å². The molecule has 0 aromatic rings. The van der Waals surface area contributed by atoms with E-state index in [2.05, 4.69) is 31.9 Å². The van der Waals surface area contributed by atoms with Crippen LogP contribution >= 0.6 is 31.9 Å². The van der Waals surface area contributed by atoms with E-state index in [1.54, 1.807) is 0 Å². The normalized spacial score (nSPS) is 12.8. The molecule has 52 valence electrons. The van der Waals surface area contributed by atoms with Crippen molar-refractivity contribution in [3.05, 3.63) is 0 Å². The molecule has 0 saturated heterocycles. The highest BCUT2D eigenvalue weighted by molar-refractivity contribution is 9.10. The van der Waals surface area contributed by atoms with Crippen LogP contribution in [0.4, 0.5) is 0 Å². The van der Waals surface area contributed by atoms with Gasteiger partial charge >= 0.3 is 0 Å². The summed E-state index contributed by atoms with van der Waals surface area (Å²) in [6.07, 6.45) is 0. The zero-order valence-electron chi connectivity index (χ0n) is 4.86. The highest BCUT2D eigenvalue weighted by atomic mass is 79.9. The lowest BCUT2D eigenvalue weighted by molar-refractivity contribution is -0.123. The van der Waals surface area contributed by atoms with Crippen molar-refractivity contribution in [1.82, 2.24) is 0 Å². The standard InChI is InChI=1S/C5H6Br2O2/c1-3(8)5(7)4(9)2-6/h5H,2H2,1H3. The topological polar surface area (TPSA) is 34.1 Å². The van der Waals surface area contributed by atoms with Crippen molar-refractivity contribution in [2.45, 2.75) is 11.8 Å². The van der Waals surface area contributed by atoms with Gasteiger partial charge in [-0.15, -0.1) is 0 Å². The first-order valence-electron chi connectivity index (χ1n) is 2.32. The Morgan fingerprint density at radius 2 is 2.00 bits per heavy atom. The third-order valence-electron chi connectivity index (χ3n) is 0.771. The van der Waals surface area contributed by atoms with Crippen LogP contribution in [0.3, 0.4) is 0 Å². The van der Waals surface area contributed by atoms with Gasteiger partial charge in [-0.2, -0.15) is 0 Å². The van der Waals surface area contributed by atoms with Crippen LogP contribution in [0.2, 0.25) is 0 Å². The second-order valence-corrected chi connectivity index (χ2v) is 3.05. The molecule has 0 bridgehead atoms. The van der Waals surface area contributed by atoms with Gasteiger partial charge in [0.15, 0.2) is 11.6 Å². The lowest BCUT2D eigenvalue weighted by atomic mass is 10.2. The van der Waals surface area contributed by atoms with E-state index in [0.717, 1.165) is 0 Å². The second-order valence-electron chi connectivity index (χ2n) is 1.57. The Hall–Kier alpha value is 0.300. The highest BCUT2D eigenvalue weighted by Crippen LogP contribution is 2.03. The minimum atomic E-state index is -0.628. The lowest BCUT2D eigenvalue weighted by Crippen LogP contribution is -2.22. The number of rotatable bonds is 3. The van der Waals surface area contributed by atoms with Gasteiger partial charge in [0.05, 0.1) is 5.33 Å². The van der Waals surface area contributed by atoms with Crippen LogP contribution < -0.4 is 0 Å². The molecule has 0 heterocycles. The fourth-order valence-corrected chi connectivity index (χ4v) is 1.21. The second kappa shape index (κ2) is 4.17. The number of hydrogen-bond acceptors (Lipinski definition) is 2. The Morgan fingerprint density at radius 1 is 1.56 bits per heavy atom. The fraction of sp³-hybridized carbons (Fsp3) is 0.600. The first kappa shape index (κ1) is 9.30. The average Bonchev–Trinajstić information content (AvgIpc) is 1.84. The van der Waals surface area contributed by atoms with E-state index in [-0.39, 0.29) is 16.9 Å². The highest BCUT2D eigenvalue weighted by Gasteiger charge is 2.17. The molecule has 0 rings (SSSR count). The minimum absolute atomic E-state index is 0.137. The third-order valence-corrected chi connectivity index (χ3v) is 2.48. The summed E-state index contributed by atoms with van der Waals surface area (Å²) in [5, 5.41) is 0.225. The molecule has 0 aromatic heterocycles. The van der Waals surface area contributed by atoms with E-state index >= 15 is 0 Å². The van der Waals surface area contributed by atoms with E-state index in [1.807, 2.05) is 0 Å². The van der Waals surface area contributed by atoms with Gasteiger partial charge < -0.3 is 0 Å². The van der Waals surface area contributed by atoms with Crippen molar-refractivity contribution in [2.75, 3.05) is 5.33 Å². The molecule has 4 heteroatoms. The summed E-state index contributed by atoms with van der Waals surface area (Å²) in [6.45, 7) is 1.37. The zero-order valence-corrected chi connectivity index (χ0v) is 8.03. The van der Waals surface area contributed by atoms with E-state index in [0.29, 0.717) is 0 Å². The molecule has 0 radical (unpaired) electrons. The number of ketones is 2. The quantitative estimate of drug-likeness (QED) is 0.564. The molecule has 1 atom stereocenters. The first-order valence-corrected chi connectivity index (χ1v) is 4.36. The maximum atomic E-state index is 10.6. The monoisotopic (exact) mass is 256 g/mol. The summed E-state index contributed by atoms with van der Waals surface area (Å²) < 4.78 is 0. The lowest BCUT2D eigenvalue weighted by Gasteiger charge is -1.98. The maximum Gasteiger partial charge on any atom is 0.164 e. The summed E-state index contributed by atoms with van der Waals surface area (Å²) in [4.78, 5) is 20.5. The van der Waals surface area contributed by atoms with Crippen molar-refractivity contribution >= 4 is 43.4 Å². The van der Waals surface area contributed by atoms with E-state index < -0.39 is 4.83 Å². The summed E-state index contributed by atoms with van der Waals surface area (Å²) in [5.41, 5.74) is 0. The molecule has 9 heavy (non-hydrogen) atoms.